The fourth-order valence-electron chi connectivity index (χ4n) is 0.891. The Morgan fingerprint density at radius 1 is 1.75 bits per heavy atom. The van der Waals surface area contributed by atoms with Gasteiger partial charge in [0.15, 0.2) is 0 Å². The largest absolute Gasteiger partial charge is 0.478 e. The van der Waals surface area contributed by atoms with Gasteiger partial charge in [-0.1, -0.05) is 12.2 Å². The van der Waals surface area contributed by atoms with E-state index in [-0.39, 0.29) is 6.10 Å². The minimum Gasteiger partial charge on any atom is -0.478 e. The van der Waals surface area contributed by atoms with E-state index in [0.29, 0.717) is 18.4 Å². The molecule has 1 aliphatic rings. The second kappa shape index (κ2) is 4.07. The minimum atomic E-state index is -0.865. The zero-order valence-electron chi connectivity index (χ0n) is 6.82. The highest BCUT2D eigenvalue weighted by Gasteiger charge is 2.21. The number of hydrogen-bond acceptors (Lipinski definition) is 2. The molecule has 0 amide bonds. The molecule has 1 N–H and O–H groups in total. The summed E-state index contributed by atoms with van der Waals surface area (Å²) in [6, 6.07) is 0. The summed E-state index contributed by atoms with van der Waals surface area (Å²) < 4.78 is 4.95. The third-order valence-corrected chi connectivity index (χ3v) is 1.67. The maximum Gasteiger partial charge on any atom is 0.331 e. The normalized spacial score (nSPS) is 22.0. The molecule has 0 radical (unpaired) electrons. The topological polar surface area (TPSA) is 49.8 Å². The van der Waals surface area contributed by atoms with Gasteiger partial charge in [0.25, 0.3) is 0 Å². The molecule has 0 spiro atoms. The first kappa shape index (κ1) is 9.00. The van der Waals surface area contributed by atoms with Crippen LogP contribution in [0.1, 0.15) is 12.8 Å². The molecule has 3 heteroatoms. The Morgan fingerprint density at radius 2 is 2.42 bits per heavy atom. The van der Waals surface area contributed by atoms with E-state index in [4.69, 9.17) is 9.84 Å². The van der Waals surface area contributed by atoms with Crippen molar-refractivity contribution in [1.82, 2.24) is 0 Å². The SMILES string of the molecule is C=CCC(=CCC1CO1)C(=O)O. The Hall–Kier alpha value is -1.09. The van der Waals surface area contributed by atoms with Crippen LogP contribution in [0.25, 0.3) is 0 Å². The molecule has 1 saturated heterocycles. The molecule has 0 aromatic heterocycles. The molecular formula is C9H12O3. The van der Waals surface area contributed by atoms with Gasteiger partial charge >= 0.3 is 5.97 Å². The van der Waals surface area contributed by atoms with Crippen molar-refractivity contribution in [3.8, 4) is 0 Å². The first-order valence-corrected chi connectivity index (χ1v) is 3.89. The molecule has 1 rings (SSSR count). The Balaban J connectivity index is 2.43. The quantitative estimate of drug-likeness (QED) is 0.383. The fraction of sp³-hybridized carbons (Fsp3) is 0.444. The van der Waals surface area contributed by atoms with Gasteiger partial charge in [-0.15, -0.1) is 6.58 Å². The number of carbonyl (C=O) groups is 1. The highest BCUT2D eigenvalue weighted by atomic mass is 16.6. The maximum absolute atomic E-state index is 10.6. The number of carboxylic acid groups (broad SMARTS) is 1. The number of ether oxygens (including phenoxy) is 1. The van der Waals surface area contributed by atoms with Gasteiger partial charge in [0, 0.05) is 5.57 Å². The second-order valence-electron chi connectivity index (χ2n) is 2.72. The molecule has 1 fully saturated rings. The first-order valence-electron chi connectivity index (χ1n) is 3.89. The molecule has 0 saturated carbocycles. The summed E-state index contributed by atoms with van der Waals surface area (Å²) >= 11 is 0. The van der Waals surface area contributed by atoms with Gasteiger partial charge < -0.3 is 9.84 Å². The second-order valence-corrected chi connectivity index (χ2v) is 2.72. The van der Waals surface area contributed by atoms with E-state index in [1.807, 2.05) is 0 Å². The summed E-state index contributed by atoms with van der Waals surface area (Å²) in [5, 5.41) is 8.68. The molecule has 12 heavy (non-hydrogen) atoms. The van der Waals surface area contributed by atoms with Gasteiger partial charge in [-0.2, -0.15) is 0 Å². The van der Waals surface area contributed by atoms with Crippen LogP contribution in [-0.2, 0) is 9.53 Å². The van der Waals surface area contributed by atoms with E-state index >= 15 is 0 Å². The minimum absolute atomic E-state index is 0.254. The van der Waals surface area contributed by atoms with E-state index in [2.05, 4.69) is 6.58 Å². The molecule has 0 aliphatic carbocycles. The lowest BCUT2D eigenvalue weighted by molar-refractivity contribution is -0.132. The van der Waals surface area contributed by atoms with Crippen LogP contribution in [0.2, 0.25) is 0 Å². The summed E-state index contributed by atoms with van der Waals surface area (Å²) in [5.74, 6) is -0.865. The third kappa shape index (κ3) is 2.88. The fourth-order valence-corrected chi connectivity index (χ4v) is 0.891. The third-order valence-electron chi connectivity index (χ3n) is 1.67. The van der Waals surface area contributed by atoms with E-state index in [1.165, 1.54) is 0 Å². The maximum atomic E-state index is 10.6. The molecule has 1 atom stereocenters. The molecule has 3 nitrogen and oxygen atoms in total. The molecule has 66 valence electrons. The van der Waals surface area contributed by atoms with E-state index < -0.39 is 5.97 Å². The van der Waals surface area contributed by atoms with Gasteiger partial charge in [-0.25, -0.2) is 4.79 Å². The predicted molar refractivity (Wildman–Crippen MR) is 44.9 cm³/mol. The average molecular weight is 168 g/mol. The van der Waals surface area contributed by atoms with Crippen LogP contribution in [0.15, 0.2) is 24.3 Å². The lowest BCUT2D eigenvalue weighted by Gasteiger charge is -1.95. The number of epoxide rings is 1. The summed E-state index contributed by atoms with van der Waals surface area (Å²) in [4.78, 5) is 10.6. The van der Waals surface area contributed by atoms with Gasteiger partial charge in [0.1, 0.15) is 0 Å². The Morgan fingerprint density at radius 3 is 2.83 bits per heavy atom. The summed E-state index contributed by atoms with van der Waals surface area (Å²) in [6.07, 6.45) is 4.68. The van der Waals surface area contributed by atoms with Crippen LogP contribution >= 0.6 is 0 Å². The molecule has 0 aromatic carbocycles. The number of allylic oxidation sites excluding steroid dienone is 1. The average Bonchev–Trinajstić information content (AvgIpc) is 2.80. The van der Waals surface area contributed by atoms with Crippen LogP contribution < -0.4 is 0 Å². The number of hydrogen-bond donors (Lipinski definition) is 1. The lowest BCUT2D eigenvalue weighted by Crippen LogP contribution is -2.00. The first-order chi connectivity index (χ1) is 5.74. The van der Waals surface area contributed by atoms with Crippen molar-refractivity contribution in [3.05, 3.63) is 24.3 Å². The molecular weight excluding hydrogens is 156 g/mol. The van der Waals surface area contributed by atoms with Crippen molar-refractivity contribution in [2.24, 2.45) is 0 Å². The van der Waals surface area contributed by atoms with E-state index in [0.717, 1.165) is 6.61 Å². The van der Waals surface area contributed by atoms with E-state index in [9.17, 15) is 4.79 Å². The zero-order valence-corrected chi connectivity index (χ0v) is 6.82. The molecule has 1 aliphatic heterocycles. The summed E-state index contributed by atoms with van der Waals surface area (Å²) in [6.45, 7) is 4.25. The highest BCUT2D eigenvalue weighted by molar-refractivity contribution is 5.86. The standard InChI is InChI=1S/C9H12O3/c1-2-3-7(9(10)11)4-5-8-6-12-8/h2,4,8H,1,3,5-6H2,(H,10,11). The molecule has 1 heterocycles. The smallest absolute Gasteiger partial charge is 0.331 e. The van der Waals surface area contributed by atoms with Crippen molar-refractivity contribution in [2.45, 2.75) is 18.9 Å². The number of carboxylic acids is 1. The van der Waals surface area contributed by atoms with Crippen molar-refractivity contribution in [3.63, 3.8) is 0 Å². The zero-order chi connectivity index (χ0) is 8.97. The summed E-state index contributed by atoms with van der Waals surface area (Å²) in [7, 11) is 0. The van der Waals surface area contributed by atoms with Crippen LogP contribution in [0.4, 0.5) is 0 Å². The van der Waals surface area contributed by atoms with Crippen molar-refractivity contribution in [2.75, 3.05) is 6.61 Å². The Kier molecular flexibility index (Phi) is 3.05. The Bertz CT molecular complexity index is 214. The highest BCUT2D eigenvalue weighted by Crippen LogP contribution is 2.16. The van der Waals surface area contributed by atoms with Crippen molar-refractivity contribution in [1.29, 1.82) is 0 Å². The van der Waals surface area contributed by atoms with Gasteiger partial charge in [0.05, 0.1) is 12.7 Å². The van der Waals surface area contributed by atoms with Crippen molar-refractivity contribution >= 4 is 5.97 Å². The Labute approximate surface area is 71.3 Å². The van der Waals surface area contributed by atoms with Crippen LogP contribution in [0.3, 0.4) is 0 Å². The van der Waals surface area contributed by atoms with Gasteiger partial charge in [-0.3, -0.25) is 0 Å². The lowest BCUT2D eigenvalue weighted by atomic mass is 10.1. The van der Waals surface area contributed by atoms with Crippen LogP contribution in [0, 0.1) is 0 Å². The number of aliphatic carboxylic acids is 1. The molecule has 1 unspecified atom stereocenters. The van der Waals surface area contributed by atoms with Crippen LogP contribution in [0.5, 0.6) is 0 Å². The molecule has 0 aromatic rings. The predicted octanol–water partition coefficient (Wildman–Crippen LogP) is 1.36. The van der Waals surface area contributed by atoms with E-state index in [1.54, 1.807) is 12.2 Å². The molecule has 0 bridgehead atoms. The number of rotatable bonds is 5. The monoisotopic (exact) mass is 168 g/mol. The van der Waals surface area contributed by atoms with Crippen LogP contribution in [-0.4, -0.2) is 23.8 Å². The van der Waals surface area contributed by atoms with Crippen molar-refractivity contribution < 1.29 is 14.6 Å². The summed E-state index contributed by atoms with van der Waals surface area (Å²) in [5.41, 5.74) is 0.403. The van der Waals surface area contributed by atoms with Gasteiger partial charge in [-0.05, 0) is 12.8 Å². The van der Waals surface area contributed by atoms with Gasteiger partial charge in [0.2, 0.25) is 0 Å².